The number of methoxy groups -OCH3 is 1. The summed E-state index contributed by atoms with van der Waals surface area (Å²) in [4.78, 5) is 0. The number of rotatable bonds is 3. The van der Waals surface area contributed by atoms with Gasteiger partial charge in [0.15, 0.2) is 0 Å². The third-order valence-electron chi connectivity index (χ3n) is 3.45. The lowest BCUT2D eigenvalue weighted by Crippen LogP contribution is -1.98. The zero-order valence-electron chi connectivity index (χ0n) is 12.2. The molecule has 0 aliphatic carbocycles. The Kier molecular flexibility index (Phi) is 3.51. The quantitative estimate of drug-likeness (QED) is 0.921. The van der Waals surface area contributed by atoms with Crippen LogP contribution in [0.3, 0.4) is 0 Å². The molecule has 0 saturated carbocycles. The second-order valence-corrected chi connectivity index (χ2v) is 5.09. The van der Waals surface area contributed by atoms with Crippen molar-refractivity contribution in [1.29, 1.82) is 0 Å². The van der Waals surface area contributed by atoms with Crippen molar-refractivity contribution in [3.05, 3.63) is 29.3 Å². The number of nitrogen functional groups attached to an aromatic ring is 1. The Labute approximate surface area is 114 Å². The SMILES string of the molecule is COc1ccc(-c2c(C)c(N)nn2C)cc1C(C)C. The summed E-state index contributed by atoms with van der Waals surface area (Å²) < 4.78 is 7.25. The fourth-order valence-electron chi connectivity index (χ4n) is 2.39. The van der Waals surface area contributed by atoms with E-state index in [1.807, 2.05) is 30.8 Å². The van der Waals surface area contributed by atoms with Crippen LogP contribution in [0, 0.1) is 6.92 Å². The van der Waals surface area contributed by atoms with E-state index in [4.69, 9.17) is 10.5 Å². The molecule has 0 fully saturated rings. The minimum absolute atomic E-state index is 0.404. The Morgan fingerprint density at radius 3 is 2.47 bits per heavy atom. The molecule has 1 heterocycles. The van der Waals surface area contributed by atoms with Crippen LogP contribution in [0.15, 0.2) is 18.2 Å². The summed E-state index contributed by atoms with van der Waals surface area (Å²) in [6.45, 7) is 6.31. The Balaban J connectivity index is 2.60. The largest absolute Gasteiger partial charge is 0.496 e. The van der Waals surface area contributed by atoms with E-state index in [-0.39, 0.29) is 0 Å². The van der Waals surface area contributed by atoms with Crippen LogP contribution in [0.2, 0.25) is 0 Å². The van der Waals surface area contributed by atoms with E-state index in [1.54, 1.807) is 7.11 Å². The number of hydrogen-bond acceptors (Lipinski definition) is 3. The minimum atomic E-state index is 0.404. The first-order chi connectivity index (χ1) is 8.95. The minimum Gasteiger partial charge on any atom is -0.496 e. The standard InChI is InChI=1S/C15H21N3O/c1-9(2)12-8-11(6-7-13(12)19-5)14-10(3)15(16)17-18(14)4/h6-9H,1-5H3,(H2,16,17). The van der Waals surface area contributed by atoms with Gasteiger partial charge in [-0.25, -0.2) is 0 Å². The molecule has 4 nitrogen and oxygen atoms in total. The summed E-state index contributed by atoms with van der Waals surface area (Å²) in [6, 6.07) is 6.22. The monoisotopic (exact) mass is 259 g/mol. The maximum atomic E-state index is 5.88. The number of nitrogens with zero attached hydrogens (tertiary/aromatic N) is 2. The van der Waals surface area contributed by atoms with E-state index >= 15 is 0 Å². The first kappa shape index (κ1) is 13.5. The van der Waals surface area contributed by atoms with Crippen molar-refractivity contribution in [3.8, 4) is 17.0 Å². The highest BCUT2D eigenvalue weighted by atomic mass is 16.5. The molecule has 0 radical (unpaired) electrons. The lowest BCUT2D eigenvalue weighted by atomic mass is 9.97. The molecular weight excluding hydrogens is 238 g/mol. The van der Waals surface area contributed by atoms with Crippen molar-refractivity contribution in [2.75, 3.05) is 12.8 Å². The second-order valence-electron chi connectivity index (χ2n) is 5.09. The fraction of sp³-hybridized carbons (Fsp3) is 0.400. The van der Waals surface area contributed by atoms with E-state index < -0.39 is 0 Å². The van der Waals surface area contributed by atoms with Gasteiger partial charge < -0.3 is 10.5 Å². The Morgan fingerprint density at radius 1 is 1.32 bits per heavy atom. The van der Waals surface area contributed by atoms with Gasteiger partial charge in [-0.05, 0) is 36.6 Å². The first-order valence-electron chi connectivity index (χ1n) is 6.43. The van der Waals surface area contributed by atoms with Gasteiger partial charge in [0.05, 0.1) is 12.8 Å². The Bertz CT molecular complexity index is 600. The van der Waals surface area contributed by atoms with Crippen LogP contribution in [0.4, 0.5) is 5.82 Å². The second kappa shape index (κ2) is 4.96. The van der Waals surface area contributed by atoms with E-state index in [9.17, 15) is 0 Å². The molecule has 2 aromatic rings. The van der Waals surface area contributed by atoms with E-state index in [0.717, 1.165) is 22.6 Å². The van der Waals surface area contributed by atoms with Crippen LogP contribution in [-0.2, 0) is 7.05 Å². The van der Waals surface area contributed by atoms with Crippen LogP contribution in [0.25, 0.3) is 11.3 Å². The molecule has 0 unspecified atom stereocenters. The normalized spacial score (nSPS) is 11.1. The highest BCUT2D eigenvalue weighted by Crippen LogP contribution is 2.33. The molecule has 0 aliphatic heterocycles. The maximum Gasteiger partial charge on any atom is 0.148 e. The molecule has 1 aromatic carbocycles. The van der Waals surface area contributed by atoms with Gasteiger partial charge in [0.1, 0.15) is 11.6 Å². The van der Waals surface area contributed by atoms with Crippen molar-refractivity contribution in [3.63, 3.8) is 0 Å². The van der Waals surface area contributed by atoms with Gasteiger partial charge in [0, 0.05) is 18.2 Å². The van der Waals surface area contributed by atoms with Crippen LogP contribution >= 0.6 is 0 Å². The molecule has 102 valence electrons. The molecule has 19 heavy (non-hydrogen) atoms. The first-order valence-corrected chi connectivity index (χ1v) is 6.43. The summed E-state index contributed by atoms with van der Waals surface area (Å²) in [5, 5.41) is 4.27. The van der Waals surface area contributed by atoms with E-state index in [0.29, 0.717) is 11.7 Å². The van der Waals surface area contributed by atoms with Gasteiger partial charge >= 0.3 is 0 Å². The number of hydrogen-bond donors (Lipinski definition) is 1. The zero-order chi connectivity index (χ0) is 14.2. The number of anilines is 1. The molecule has 0 bridgehead atoms. The number of ether oxygens (including phenoxy) is 1. The van der Waals surface area contributed by atoms with Crippen LogP contribution in [0.5, 0.6) is 5.75 Å². The third kappa shape index (κ3) is 2.30. The van der Waals surface area contributed by atoms with Crippen molar-refractivity contribution in [1.82, 2.24) is 9.78 Å². The van der Waals surface area contributed by atoms with Gasteiger partial charge in [-0.1, -0.05) is 13.8 Å². The fourth-order valence-corrected chi connectivity index (χ4v) is 2.39. The summed E-state index contributed by atoms with van der Waals surface area (Å²) in [6.07, 6.45) is 0. The lowest BCUT2D eigenvalue weighted by Gasteiger charge is -2.14. The van der Waals surface area contributed by atoms with Crippen molar-refractivity contribution < 1.29 is 4.74 Å². The summed E-state index contributed by atoms with van der Waals surface area (Å²) >= 11 is 0. The van der Waals surface area contributed by atoms with E-state index in [1.165, 1.54) is 5.56 Å². The van der Waals surface area contributed by atoms with Crippen LogP contribution in [-0.4, -0.2) is 16.9 Å². The Morgan fingerprint density at radius 2 is 2.00 bits per heavy atom. The van der Waals surface area contributed by atoms with Crippen molar-refractivity contribution in [2.45, 2.75) is 26.7 Å². The lowest BCUT2D eigenvalue weighted by molar-refractivity contribution is 0.407. The van der Waals surface area contributed by atoms with Crippen LogP contribution < -0.4 is 10.5 Å². The maximum absolute atomic E-state index is 5.88. The molecule has 2 N–H and O–H groups in total. The Hall–Kier alpha value is -1.97. The smallest absolute Gasteiger partial charge is 0.148 e. The molecule has 0 aliphatic rings. The molecule has 1 aromatic heterocycles. The molecule has 0 atom stereocenters. The van der Waals surface area contributed by atoms with Crippen molar-refractivity contribution in [2.24, 2.45) is 7.05 Å². The summed E-state index contributed by atoms with van der Waals surface area (Å²) in [5.74, 6) is 1.91. The molecule has 0 saturated heterocycles. The molecule has 4 heteroatoms. The average molecular weight is 259 g/mol. The highest BCUT2D eigenvalue weighted by molar-refractivity contribution is 5.70. The van der Waals surface area contributed by atoms with Gasteiger partial charge in [-0.15, -0.1) is 0 Å². The molecule has 2 rings (SSSR count). The van der Waals surface area contributed by atoms with E-state index in [2.05, 4.69) is 25.0 Å². The molecular formula is C15H21N3O. The number of aromatic nitrogens is 2. The molecule has 0 spiro atoms. The van der Waals surface area contributed by atoms with Gasteiger partial charge in [0.2, 0.25) is 0 Å². The van der Waals surface area contributed by atoms with Crippen molar-refractivity contribution >= 4 is 5.82 Å². The highest BCUT2D eigenvalue weighted by Gasteiger charge is 2.15. The summed E-state index contributed by atoms with van der Waals surface area (Å²) in [7, 11) is 3.62. The van der Waals surface area contributed by atoms with Gasteiger partial charge in [-0.3, -0.25) is 4.68 Å². The number of benzene rings is 1. The average Bonchev–Trinajstić information content (AvgIpc) is 2.62. The number of aryl methyl sites for hydroxylation is 1. The summed E-state index contributed by atoms with van der Waals surface area (Å²) in [5.41, 5.74) is 10.3. The van der Waals surface area contributed by atoms with Gasteiger partial charge in [0.25, 0.3) is 0 Å². The van der Waals surface area contributed by atoms with Crippen LogP contribution in [0.1, 0.15) is 30.9 Å². The predicted molar refractivity (Wildman–Crippen MR) is 78.4 cm³/mol. The third-order valence-corrected chi connectivity index (χ3v) is 3.45. The topological polar surface area (TPSA) is 53.1 Å². The predicted octanol–water partition coefficient (Wildman–Crippen LogP) is 3.11. The molecule has 0 amide bonds. The zero-order valence-corrected chi connectivity index (χ0v) is 12.2. The van der Waals surface area contributed by atoms with Gasteiger partial charge in [-0.2, -0.15) is 5.10 Å². The number of nitrogens with two attached hydrogens (primary N) is 1.